The van der Waals surface area contributed by atoms with Gasteiger partial charge in [-0.15, -0.1) is 5.06 Å². The van der Waals surface area contributed by atoms with Gasteiger partial charge in [-0.2, -0.15) is 0 Å². The Kier molecular flexibility index (Phi) is 7.04. The summed E-state index contributed by atoms with van der Waals surface area (Å²) < 4.78 is 1.10. The predicted molar refractivity (Wildman–Crippen MR) is 111 cm³/mol. The quantitative estimate of drug-likeness (QED) is 0.301. The van der Waals surface area contributed by atoms with Crippen LogP contribution in [0.25, 0.3) is 10.8 Å². The van der Waals surface area contributed by atoms with Gasteiger partial charge in [0.1, 0.15) is 5.75 Å². The molecule has 26 heavy (non-hydrogen) atoms. The fraction of sp³-hybridized carbons (Fsp3) is 0.318. The second kappa shape index (κ2) is 9.70. The van der Waals surface area contributed by atoms with E-state index in [-0.39, 0.29) is 0 Å². The normalized spacial score (nSPS) is 11.2. The zero-order valence-corrected chi connectivity index (χ0v) is 16.8. The lowest BCUT2D eigenvalue weighted by atomic mass is 10.2. The number of unbranched alkanes of at least 4 members (excludes halogenated alkanes) is 3. The van der Waals surface area contributed by atoms with Gasteiger partial charge in [0, 0.05) is 28.8 Å². The fourth-order valence-electron chi connectivity index (χ4n) is 2.93. The summed E-state index contributed by atoms with van der Waals surface area (Å²) in [4.78, 5) is 10.4. The number of halogens is 1. The summed E-state index contributed by atoms with van der Waals surface area (Å²) >= 11 is 3.50. The third-order valence-corrected chi connectivity index (χ3v) is 4.91. The molecule has 1 aromatic heterocycles. The first-order valence-corrected chi connectivity index (χ1v) is 10.0. The number of pyridine rings is 1. The highest BCUT2D eigenvalue weighted by Crippen LogP contribution is 2.22. The molecule has 3 rings (SSSR count). The van der Waals surface area contributed by atoms with Gasteiger partial charge in [0.05, 0.1) is 6.54 Å². The Hall–Kier alpha value is -1.91. The summed E-state index contributed by atoms with van der Waals surface area (Å²) in [5, 5.41) is 4.34. The highest BCUT2D eigenvalue weighted by atomic mass is 79.9. The van der Waals surface area contributed by atoms with Crippen molar-refractivity contribution < 1.29 is 4.84 Å². The first kappa shape index (κ1) is 18.9. The summed E-state index contributed by atoms with van der Waals surface area (Å²) in [5.41, 5.74) is 1.24. The van der Waals surface area contributed by atoms with Gasteiger partial charge in [-0.25, -0.2) is 0 Å². The van der Waals surface area contributed by atoms with Crippen molar-refractivity contribution in [3.8, 4) is 5.75 Å². The number of nitrogens with zero attached hydrogens (tertiary/aromatic N) is 2. The lowest BCUT2D eigenvalue weighted by Gasteiger charge is -2.23. The van der Waals surface area contributed by atoms with E-state index >= 15 is 0 Å². The number of fused-ring (bicyclic) bond motifs is 1. The topological polar surface area (TPSA) is 25.4 Å². The van der Waals surface area contributed by atoms with Crippen LogP contribution in [-0.2, 0) is 6.54 Å². The number of rotatable bonds is 9. The zero-order chi connectivity index (χ0) is 18.2. The van der Waals surface area contributed by atoms with Crippen LogP contribution in [-0.4, -0.2) is 16.6 Å². The van der Waals surface area contributed by atoms with Crippen LogP contribution in [0, 0.1) is 0 Å². The minimum absolute atomic E-state index is 0.772. The summed E-state index contributed by atoms with van der Waals surface area (Å²) in [6.45, 7) is 3.93. The van der Waals surface area contributed by atoms with E-state index in [0.29, 0.717) is 0 Å². The van der Waals surface area contributed by atoms with Crippen molar-refractivity contribution in [1.82, 2.24) is 10.0 Å². The van der Waals surface area contributed by atoms with Crippen LogP contribution in [0.1, 0.15) is 38.2 Å². The second-order valence-electron chi connectivity index (χ2n) is 6.53. The summed E-state index contributed by atoms with van der Waals surface area (Å²) in [6, 6.07) is 16.6. The third-order valence-electron chi connectivity index (χ3n) is 4.38. The highest BCUT2D eigenvalue weighted by molar-refractivity contribution is 9.10. The Labute approximate surface area is 164 Å². The van der Waals surface area contributed by atoms with E-state index in [0.717, 1.165) is 40.5 Å². The average Bonchev–Trinajstić information content (AvgIpc) is 2.67. The van der Waals surface area contributed by atoms with Crippen molar-refractivity contribution in [2.24, 2.45) is 0 Å². The van der Waals surface area contributed by atoms with Gasteiger partial charge in [0.15, 0.2) is 0 Å². The maximum Gasteiger partial charge on any atom is 0.148 e. The van der Waals surface area contributed by atoms with E-state index in [1.54, 1.807) is 0 Å². The van der Waals surface area contributed by atoms with Crippen molar-refractivity contribution in [3.05, 3.63) is 71.0 Å². The molecule has 0 saturated heterocycles. The molecule has 0 atom stereocenters. The average molecular weight is 413 g/mol. The molecule has 0 aliphatic carbocycles. The molecule has 0 radical (unpaired) electrons. The molecule has 0 amide bonds. The molecule has 1 heterocycles. The van der Waals surface area contributed by atoms with Crippen molar-refractivity contribution in [2.75, 3.05) is 6.54 Å². The summed E-state index contributed by atoms with van der Waals surface area (Å²) in [6.07, 6.45) is 8.59. The van der Waals surface area contributed by atoms with E-state index in [1.165, 1.54) is 24.8 Å². The largest absolute Gasteiger partial charge is 0.406 e. The van der Waals surface area contributed by atoms with Crippen LogP contribution >= 0.6 is 15.9 Å². The molecule has 0 saturated carbocycles. The van der Waals surface area contributed by atoms with E-state index in [1.807, 2.05) is 24.5 Å². The molecular formula is C22H25BrN2O. The molecule has 0 bridgehead atoms. The monoisotopic (exact) mass is 412 g/mol. The van der Waals surface area contributed by atoms with Gasteiger partial charge in [0.2, 0.25) is 0 Å². The number of hydrogen-bond acceptors (Lipinski definition) is 3. The molecule has 3 nitrogen and oxygen atoms in total. The van der Waals surface area contributed by atoms with Crippen molar-refractivity contribution in [1.29, 1.82) is 0 Å². The standard InChI is InChI=1S/C22H25BrN2O/c1-2-3-4-5-14-25(17-18-6-9-21(23)10-7-18)26-22-11-8-20-16-24-13-12-19(20)15-22/h6-13,15-16H,2-5,14,17H2,1H3. The maximum atomic E-state index is 6.24. The molecule has 136 valence electrons. The number of hydrogen-bond donors (Lipinski definition) is 0. The van der Waals surface area contributed by atoms with Gasteiger partial charge >= 0.3 is 0 Å². The lowest BCUT2D eigenvalue weighted by molar-refractivity contribution is -0.0680. The molecular weight excluding hydrogens is 388 g/mol. The molecule has 0 unspecified atom stereocenters. The SMILES string of the molecule is CCCCCCN(Cc1ccc(Br)cc1)Oc1ccc2cnccc2c1. The smallest absolute Gasteiger partial charge is 0.148 e. The first-order chi connectivity index (χ1) is 12.7. The van der Waals surface area contributed by atoms with Gasteiger partial charge < -0.3 is 4.84 Å². The highest BCUT2D eigenvalue weighted by Gasteiger charge is 2.09. The van der Waals surface area contributed by atoms with Crippen LogP contribution in [0.15, 0.2) is 65.4 Å². The maximum absolute atomic E-state index is 6.24. The lowest BCUT2D eigenvalue weighted by Crippen LogP contribution is -2.28. The summed E-state index contributed by atoms with van der Waals surface area (Å²) in [7, 11) is 0. The van der Waals surface area contributed by atoms with E-state index in [2.05, 4.69) is 69.3 Å². The van der Waals surface area contributed by atoms with Gasteiger partial charge in [-0.05, 0) is 53.8 Å². The molecule has 0 fully saturated rings. The van der Waals surface area contributed by atoms with Crippen LogP contribution in [0.2, 0.25) is 0 Å². The van der Waals surface area contributed by atoms with Gasteiger partial charge in [-0.1, -0.05) is 54.2 Å². The van der Waals surface area contributed by atoms with Crippen LogP contribution in [0.4, 0.5) is 0 Å². The molecule has 2 aromatic carbocycles. The molecule has 0 aliphatic heterocycles. The Morgan fingerprint density at radius 3 is 2.62 bits per heavy atom. The minimum atomic E-state index is 0.772. The molecule has 0 spiro atoms. The fourth-order valence-corrected chi connectivity index (χ4v) is 3.20. The van der Waals surface area contributed by atoms with Crippen LogP contribution in [0.5, 0.6) is 5.75 Å². The first-order valence-electron chi connectivity index (χ1n) is 9.26. The number of benzene rings is 2. The Morgan fingerprint density at radius 1 is 0.962 bits per heavy atom. The minimum Gasteiger partial charge on any atom is -0.406 e. The molecule has 4 heteroatoms. The number of hydroxylamine groups is 2. The van der Waals surface area contributed by atoms with Crippen LogP contribution < -0.4 is 4.84 Å². The van der Waals surface area contributed by atoms with E-state index < -0.39 is 0 Å². The van der Waals surface area contributed by atoms with Gasteiger partial charge in [0.25, 0.3) is 0 Å². The number of aromatic nitrogens is 1. The van der Waals surface area contributed by atoms with E-state index in [4.69, 9.17) is 4.84 Å². The van der Waals surface area contributed by atoms with Gasteiger partial charge in [-0.3, -0.25) is 4.98 Å². The Bertz CT molecular complexity index is 820. The van der Waals surface area contributed by atoms with Crippen LogP contribution in [0.3, 0.4) is 0 Å². The van der Waals surface area contributed by atoms with Crippen molar-refractivity contribution in [2.45, 2.75) is 39.2 Å². The molecule has 0 aliphatic rings. The molecule has 3 aromatic rings. The van der Waals surface area contributed by atoms with E-state index in [9.17, 15) is 0 Å². The molecule has 0 N–H and O–H groups in total. The van der Waals surface area contributed by atoms with Crippen molar-refractivity contribution >= 4 is 26.7 Å². The summed E-state index contributed by atoms with van der Waals surface area (Å²) in [5.74, 6) is 0.872. The second-order valence-corrected chi connectivity index (χ2v) is 7.44. The third kappa shape index (κ3) is 5.55. The Balaban J connectivity index is 1.71. The van der Waals surface area contributed by atoms with Crippen molar-refractivity contribution in [3.63, 3.8) is 0 Å². The zero-order valence-electron chi connectivity index (χ0n) is 15.2. The predicted octanol–water partition coefficient (Wildman–Crippen LogP) is 6.37. The Morgan fingerprint density at radius 2 is 1.81 bits per heavy atom.